The molecule has 0 saturated heterocycles. The minimum atomic E-state index is 1.18. The van der Waals surface area contributed by atoms with E-state index in [2.05, 4.69) is 45.1 Å². The van der Waals surface area contributed by atoms with Gasteiger partial charge in [0.25, 0.3) is 0 Å². The van der Waals surface area contributed by atoms with Crippen molar-refractivity contribution < 1.29 is 0 Å². The zero-order valence-electron chi connectivity index (χ0n) is 10.7. The maximum absolute atomic E-state index is 2.25. The molecule has 0 radical (unpaired) electrons. The minimum absolute atomic E-state index is 1.18. The van der Waals surface area contributed by atoms with Crippen LogP contribution in [-0.4, -0.2) is 0 Å². The van der Waals surface area contributed by atoms with Crippen LogP contribution in [0.1, 0.15) is 54.4 Å². The topological polar surface area (TPSA) is 0 Å². The van der Waals surface area contributed by atoms with E-state index in [4.69, 9.17) is 0 Å². The van der Waals surface area contributed by atoms with Gasteiger partial charge in [-0.3, -0.25) is 0 Å². The molecule has 0 atom stereocenters. The third-order valence-corrected chi connectivity index (χ3v) is 1.52. The molecule has 0 aliphatic heterocycles. The summed E-state index contributed by atoms with van der Waals surface area (Å²) >= 11 is 0. The van der Waals surface area contributed by atoms with Gasteiger partial charge in [-0.2, -0.15) is 0 Å². The summed E-state index contributed by atoms with van der Waals surface area (Å²) < 4.78 is 0. The zero-order chi connectivity index (χ0) is 11.4. The predicted octanol–water partition coefficient (Wildman–Crippen LogP) is 5.28. The molecule has 0 aliphatic rings. The van der Waals surface area contributed by atoms with Crippen LogP contribution in [-0.2, 0) is 0 Å². The van der Waals surface area contributed by atoms with E-state index in [9.17, 15) is 0 Å². The van der Waals surface area contributed by atoms with E-state index in [-0.39, 0.29) is 0 Å². The van der Waals surface area contributed by atoms with E-state index >= 15 is 0 Å². The summed E-state index contributed by atoms with van der Waals surface area (Å²) in [6.07, 6.45) is 11.0. The van der Waals surface area contributed by atoms with E-state index in [1.807, 2.05) is 20.8 Å². The first kappa shape index (κ1) is 15.7. The molecule has 0 unspecified atom stereocenters. The molecule has 0 aliphatic carbocycles. The summed E-state index contributed by atoms with van der Waals surface area (Å²) in [7, 11) is 0. The number of allylic oxidation sites excluding steroid dienone is 6. The Morgan fingerprint density at radius 2 is 1.71 bits per heavy atom. The quantitative estimate of drug-likeness (QED) is 0.534. The van der Waals surface area contributed by atoms with Crippen molar-refractivity contribution in [3.05, 3.63) is 35.5 Å². The first-order valence-electron chi connectivity index (χ1n) is 5.67. The lowest BCUT2D eigenvalue weighted by Crippen LogP contribution is -1.78. The Bertz CT molecular complexity index is 188. The SMILES string of the molecule is C/C=C/C=C(\C=C(C)C)CCC.CC. The Morgan fingerprint density at radius 1 is 1.14 bits per heavy atom. The summed E-state index contributed by atoms with van der Waals surface area (Å²) in [6, 6.07) is 0. The van der Waals surface area contributed by atoms with Gasteiger partial charge in [-0.15, -0.1) is 0 Å². The van der Waals surface area contributed by atoms with Crippen LogP contribution >= 0.6 is 0 Å². The first-order chi connectivity index (χ1) is 6.70. The monoisotopic (exact) mass is 194 g/mol. The van der Waals surface area contributed by atoms with Crippen LogP contribution < -0.4 is 0 Å². The lowest BCUT2D eigenvalue weighted by molar-refractivity contribution is 0.924. The van der Waals surface area contributed by atoms with Gasteiger partial charge in [-0.05, 0) is 32.8 Å². The molecule has 0 spiro atoms. The van der Waals surface area contributed by atoms with Gasteiger partial charge in [-0.1, -0.05) is 57.1 Å². The van der Waals surface area contributed by atoms with E-state index in [1.54, 1.807) is 0 Å². The van der Waals surface area contributed by atoms with E-state index in [1.165, 1.54) is 24.0 Å². The number of hydrogen-bond donors (Lipinski definition) is 0. The second-order valence-electron chi connectivity index (χ2n) is 3.24. The van der Waals surface area contributed by atoms with E-state index < -0.39 is 0 Å². The fourth-order valence-electron chi connectivity index (χ4n) is 1.08. The predicted molar refractivity (Wildman–Crippen MR) is 68.6 cm³/mol. The molecular weight excluding hydrogens is 168 g/mol. The second-order valence-corrected chi connectivity index (χ2v) is 3.24. The normalized spacial score (nSPS) is 10.9. The van der Waals surface area contributed by atoms with Crippen LogP contribution in [0.5, 0.6) is 0 Å². The van der Waals surface area contributed by atoms with Gasteiger partial charge in [0.05, 0.1) is 0 Å². The first-order valence-corrected chi connectivity index (χ1v) is 5.67. The van der Waals surface area contributed by atoms with Crippen molar-refractivity contribution in [2.45, 2.75) is 54.4 Å². The Morgan fingerprint density at radius 3 is 2.07 bits per heavy atom. The molecule has 14 heavy (non-hydrogen) atoms. The summed E-state index contributed by atoms with van der Waals surface area (Å²) in [5, 5.41) is 0. The van der Waals surface area contributed by atoms with Crippen molar-refractivity contribution in [3.63, 3.8) is 0 Å². The maximum Gasteiger partial charge on any atom is -0.0282 e. The number of hydrogen-bond acceptors (Lipinski definition) is 0. The van der Waals surface area contributed by atoms with Crippen LogP contribution in [0.4, 0.5) is 0 Å². The molecule has 0 amide bonds. The molecule has 0 heteroatoms. The fraction of sp³-hybridized carbons (Fsp3) is 0.571. The molecule has 0 nitrogen and oxygen atoms in total. The molecule has 0 aromatic carbocycles. The summed E-state index contributed by atoms with van der Waals surface area (Å²) in [4.78, 5) is 0. The molecule has 0 N–H and O–H groups in total. The average Bonchev–Trinajstić information content (AvgIpc) is 2.17. The van der Waals surface area contributed by atoms with Crippen LogP contribution in [0.3, 0.4) is 0 Å². The van der Waals surface area contributed by atoms with Gasteiger partial charge in [0.15, 0.2) is 0 Å². The Labute approximate surface area is 90.4 Å². The molecule has 0 rings (SSSR count). The molecular formula is C14H26. The lowest BCUT2D eigenvalue weighted by Gasteiger charge is -1.98. The highest BCUT2D eigenvalue weighted by atomic mass is 13.9. The van der Waals surface area contributed by atoms with Crippen LogP contribution in [0.2, 0.25) is 0 Å². The molecule has 0 heterocycles. The van der Waals surface area contributed by atoms with Gasteiger partial charge >= 0.3 is 0 Å². The fourth-order valence-corrected chi connectivity index (χ4v) is 1.08. The molecule has 0 saturated carbocycles. The second kappa shape index (κ2) is 12.2. The maximum atomic E-state index is 2.25. The molecule has 82 valence electrons. The lowest BCUT2D eigenvalue weighted by atomic mass is 10.1. The summed E-state index contributed by atoms with van der Waals surface area (Å²) in [5.74, 6) is 0. The summed E-state index contributed by atoms with van der Waals surface area (Å²) in [5.41, 5.74) is 2.80. The van der Waals surface area contributed by atoms with Gasteiger partial charge in [0, 0.05) is 0 Å². The van der Waals surface area contributed by atoms with Crippen LogP contribution in [0.25, 0.3) is 0 Å². The van der Waals surface area contributed by atoms with E-state index in [0.717, 1.165) is 0 Å². The third kappa shape index (κ3) is 11.2. The van der Waals surface area contributed by atoms with Gasteiger partial charge in [0.1, 0.15) is 0 Å². The van der Waals surface area contributed by atoms with Gasteiger partial charge in [-0.25, -0.2) is 0 Å². The highest BCUT2D eigenvalue weighted by Crippen LogP contribution is 2.09. The standard InChI is InChI=1S/C12H20.C2H6/c1-5-7-9-12(8-6-2)10-11(3)4;1-2/h5,7,9-10H,6,8H2,1-4H3;1-2H3/b7-5+,12-9-;. The highest BCUT2D eigenvalue weighted by Gasteiger charge is 1.89. The van der Waals surface area contributed by atoms with Crippen molar-refractivity contribution in [2.75, 3.05) is 0 Å². The van der Waals surface area contributed by atoms with Crippen LogP contribution in [0.15, 0.2) is 35.5 Å². The average molecular weight is 194 g/mol. The van der Waals surface area contributed by atoms with Crippen molar-refractivity contribution >= 4 is 0 Å². The molecule has 0 aromatic heterocycles. The van der Waals surface area contributed by atoms with Crippen molar-refractivity contribution in [3.8, 4) is 0 Å². The van der Waals surface area contributed by atoms with Crippen molar-refractivity contribution in [1.82, 2.24) is 0 Å². The number of rotatable bonds is 4. The Balaban J connectivity index is 0. The Kier molecular flexibility index (Phi) is 13.7. The highest BCUT2D eigenvalue weighted by molar-refractivity contribution is 5.25. The van der Waals surface area contributed by atoms with Crippen LogP contribution in [0, 0.1) is 0 Å². The third-order valence-electron chi connectivity index (χ3n) is 1.52. The van der Waals surface area contributed by atoms with E-state index in [0.29, 0.717) is 0 Å². The zero-order valence-corrected chi connectivity index (χ0v) is 10.7. The molecule has 0 aromatic rings. The Hall–Kier alpha value is -0.780. The molecule has 0 fully saturated rings. The van der Waals surface area contributed by atoms with Gasteiger partial charge < -0.3 is 0 Å². The summed E-state index contributed by atoms with van der Waals surface area (Å²) in [6.45, 7) is 12.5. The molecule has 0 bridgehead atoms. The van der Waals surface area contributed by atoms with Crippen molar-refractivity contribution in [1.29, 1.82) is 0 Å². The minimum Gasteiger partial charge on any atom is -0.0877 e. The largest absolute Gasteiger partial charge is 0.0877 e. The smallest absolute Gasteiger partial charge is 0.0282 e. The van der Waals surface area contributed by atoms with Gasteiger partial charge in [0.2, 0.25) is 0 Å². The van der Waals surface area contributed by atoms with Crippen molar-refractivity contribution in [2.24, 2.45) is 0 Å².